The molecule has 0 heterocycles. The zero-order chi connectivity index (χ0) is 13.5. The molecule has 0 bridgehead atoms. The lowest BCUT2D eigenvalue weighted by Gasteiger charge is -2.12. The summed E-state index contributed by atoms with van der Waals surface area (Å²) in [6, 6.07) is 6.08. The highest BCUT2D eigenvalue weighted by molar-refractivity contribution is 7.80. The van der Waals surface area contributed by atoms with Crippen LogP contribution in [0.3, 0.4) is 0 Å². The first kappa shape index (κ1) is 14.4. The van der Waals surface area contributed by atoms with Crippen LogP contribution in [0.25, 0.3) is 0 Å². The molecule has 0 saturated heterocycles. The molecule has 1 aromatic carbocycles. The van der Waals surface area contributed by atoms with E-state index in [4.69, 9.17) is 12.2 Å². The quantitative estimate of drug-likeness (QED) is 0.580. The SMILES string of the molecule is CCCC(=O)NNC(=S)Nc1cc(C)cc(C)c1. The molecule has 0 saturated carbocycles. The van der Waals surface area contributed by atoms with Gasteiger partial charge in [0, 0.05) is 12.1 Å². The Labute approximate surface area is 113 Å². The molecule has 0 aliphatic carbocycles. The molecule has 3 N–H and O–H groups in total. The largest absolute Gasteiger partial charge is 0.331 e. The molecule has 0 fully saturated rings. The van der Waals surface area contributed by atoms with Crippen molar-refractivity contribution in [3.63, 3.8) is 0 Å². The van der Waals surface area contributed by atoms with Crippen molar-refractivity contribution in [1.82, 2.24) is 10.9 Å². The lowest BCUT2D eigenvalue weighted by molar-refractivity contribution is -0.121. The highest BCUT2D eigenvalue weighted by Crippen LogP contribution is 2.13. The fourth-order valence-electron chi connectivity index (χ4n) is 1.63. The third-order valence-corrected chi connectivity index (χ3v) is 2.48. The maximum atomic E-state index is 11.2. The monoisotopic (exact) mass is 265 g/mol. The van der Waals surface area contributed by atoms with Crippen molar-refractivity contribution in [3.05, 3.63) is 29.3 Å². The first-order valence-electron chi connectivity index (χ1n) is 5.95. The number of amides is 1. The normalized spacial score (nSPS) is 9.72. The molecule has 18 heavy (non-hydrogen) atoms. The molecular weight excluding hydrogens is 246 g/mol. The molecule has 1 amide bonds. The second-order valence-corrected chi connectivity index (χ2v) is 4.66. The lowest BCUT2D eigenvalue weighted by atomic mass is 10.1. The number of aryl methyl sites for hydroxylation is 2. The topological polar surface area (TPSA) is 53.2 Å². The average Bonchev–Trinajstić information content (AvgIpc) is 2.25. The number of anilines is 1. The summed E-state index contributed by atoms with van der Waals surface area (Å²) in [6.45, 7) is 6.00. The van der Waals surface area contributed by atoms with Gasteiger partial charge in [-0.1, -0.05) is 13.0 Å². The minimum atomic E-state index is -0.0675. The Morgan fingerprint density at radius 3 is 2.33 bits per heavy atom. The van der Waals surface area contributed by atoms with Crippen molar-refractivity contribution in [1.29, 1.82) is 0 Å². The van der Waals surface area contributed by atoms with Crippen LogP contribution in [-0.4, -0.2) is 11.0 Å². The van der Waals surface area contributed by atoms with Gasteiger partial charge in [-0.05, 0) is 55.7 Å². The van der Waals surface area contributed by atoms with E-state index in [-0.39, 0.29) is 5.91 Å². The van der Waals surface area contributed by atoms with Crippen LogP contribution in [-0.2, 0) is 4.79 Å². The molecule has 1 rings (SSSR count). The third kappa shape index (κ3) is 5.14. The smallest absolute Gasteiger partial charge is 0.238 e. The molecule has 5 heteroatoms. The van der Waals surface area contributed by atoms with Gasteiger partial charge in [-0.25, -0.2) is 0 Å². The predicted molar refractivity (Wildman–Crippen MR) is 78.3 cm³/mol. The van der Waals surface area contributed by atoms with E-state index in [0.717, 1.165) is 23.2 Å². The molecule has 0 aliphatic heterocycles. The Morgan fingerprint density at radius 1 is 1.17 bits per heavy atom. The summed E-state index contributed by atoms with van der Waals surface area (Å²) in [7, 11) is 0. The molecule has 98 valence electrons. The van der Waals surface area contributed by atoms with Crippen molar-refractivity contribution in [2.45, 2.75) is 33.6 Å². The van der Waals surface area contributed by atoms with E-state index >= 15 is 0 Å². The number of hydrogen-bond donors (Lipinski definition) is 3. The van der Waals surface area contributed by atoms with E-state index in [1.54, 1.807) is 0 Å². The third-order valence-electron chi connectivity index (χ3n) is 2.27. The van der Waals surface area contributed by atoms with Gasteiger partial charge in [0.2, 0.25) is 5.91 Å². The number of carbonyl (C=O) groups is 1. The highest BCUT2D eigenvalue weighted by Gasteiger charge is 2.01. The van der Waals surface area contributed by atoms with E-state index in [0.29, 0.717) is 11.5 Å². The second kappa shape index (κ2) is 6.96. The number of carbonyl (C=O) groups excluding carboxylic acids is 1. The van der Waals surface area contributed by atoms with Gasteiger partial charge < -0.3 is 5.32 Å². The summed E-state index contributed by atoms with van der Waals surface area (Å²) in [5, 5.41) is 3.41. The van der Waals surface area contributed by atoms with E-state index in [1.165, 1.54) is 0 Å². The molecule has 4 nitrogen and oxygen atoms in total. The lowest BCUT2D eigenvalue weighted by Crippen LogP contribution is -2.43. The summed E-state index contributed by atoms with van der Waals surface area (Å²) in [5.41, 5.74) is 8.45. The standard InChI is InChI=1S/C13H19N3OS/c1-4-5-12(17)15-16-13(18)14-11-7-9(2)6-10(3)8-11/h6-8H,4-5H2,1-3H3,(H,15,17)(H2,14,16,18). The van der Waals surface area contributed by atoms with Gasteiger partial charge in [0.15, 0.2) is 5.11 Å². The first-order valence-corrected chi connectivity index (χ1v) is 6.36. The molecule has 1 aromatic rings. The Balaban J connectivity index is 2.47. The molecule has 0 radical (unpaired) electrons. The molecule has 0 spiro atoms. The first-order chi connectivity index (χ1) is 8.51. The number of hydrazine groups is 1. The maximum Gasteiger partial charge on any atom is 0.238 e. The van der Waals surface area contributed by atoms with Crippen LogP contribution in [0.15, 0.2) is 18.2 Å². The number of benzene rings is 1. The highest BCUT2D eigenvalue weighted by atomic mass is 32.1. The van der Waals surface area contributed by atoms with Gasteiger partial charge in [-0.2, -0.15) is 0 Å². The van der Waals surface area contributed by atoms with Crippen LogP contribution in [0.1, 0.15) is 30.9 Å². The Hall–Kier alpha value is -1.62. The maximum absolute atomic E-state index is 11.2. The minimum Gasteiger partial charge on any atom is -0.331 e. The van der Waals surface area contributed by atoms with Gasteiger partial charge >= 0.3 is 0 Å². The van der Waals surface area contributed by atoms with Crippen molar-refractivity contribution in [2.24, 2.45) is 0 Å². The predicted octanol–water partition coefficient (Wildman–Crippen LogP) is 2.42. The number of nitrogens with one attached hydrogen (secondary N) is 3. The Kier molecular flexibility index (Phi) is 5.58. The van der Waals surface area contributed by atoms with Crippen LogP contribution in [0.5, 0.6) is 0 Å². The fraction of sp³-hybridized carbons (Fsp3) is 0.385. The van der Waals surface area contributed by atoms with Crippen LogP contribution >= 0.6 is 12.2 Å². The summed E-state index contributed by atoms with van der Waals surface area (Å²) >= 11 is 5.09. The zero-order valence-corrected chi connectivity index (χ0v) is 11.8. The molecular formula is C13H19N3OS. The van der Waals surface area contributed by atoms with Gasteiger partial charge in [-0.15, -0.1) is 0 Å². The number of hydrogen-bond acceptors (Lipinski definition) is 2. The number of rotatable bonds is 3. The van der Waals surface area contributed by atoms with Crippen molar-refractivity contribution < 1.29 is 4.79 Å². The van der Waals surface area contributed by atoms with E-state index in [9.17, 15) is 4.79 Å². The number of thiocarbonyl (C=S) groups is 1. The van der Waals surface area contributed by atoms with Crippen LogP contribution in [0.2, 0.25) is 0 Å². The van der Waals surface area contributed by atoms with Crippen molar-refractivity contribution in [2.75, 3.05) is 5.32 Å². The van der Waals surface area contributed by atoms with Gasteiger partial charge in [0.1, 0.15) is 0 Å². The summed E-state index contributed by atoms with van der Waals surface area (Å²) in [4.78, 5) is 11.2. The second-order valence-electron chi connectivity index (χ2n) is 4.25. The summed E-state index contributed by atoms with van der Waals surface area (Å²) < 4.78 is 0. The minimum absolute atomic E-state index is 0.0675. The van der Waals surface area contributed by atoms with E-state index in [1.807, 2.05) is 32.9 Å². The molecule has 0 aromatic heterocycles. The average molecular weight is 265 g/mol. The van der Waals surface area contributed by atoms with E-state index in [2.05, 4.69) is 22.2 Å². The Bertz CT molecular complexity index is 426. The van der Waals surface area contributed by atoms with Gasteiger partial charge in [0.25, 0.3) is 0 Å². The van der Waals surface area contributed by atoms with Crippen LogP contribution in [0, 0.1) is 13.8 Å². The molecule has 0 atom stereocenters. The van der Waals surface area contributed by atoms with Crippen molar-refractivity contribution in [3.8, 4) is 0 Å². The molecule has 0 aliphatic rings. The summed E-state index contributed by atoms with van der Waals surface area (Å²) in [5.74, 6) is -0.0675. The summed E-state index contributed by atoms with van der Waals surface area (Å²) in [6.07, 6.45) is 1.30. The van der Waals surface area contributed by atoms with Gasteiger partial charge in [-0.3, -0.25) is 15.6 Å². The fourth-order valence-corrected chi connectivity index (χ4v) is 1.79. The van der Waals surface area contributed by atoms with Crippen LogP contribution < -0.4 is 16.2 Å². The Morgan fingerprint density at radius 2 is 1.78 bits per heavy atom. The van der Waals surface area contributed by atoms with Gasteiger partial charge in [0.05, 0.1) is 0 Å². The van der Waals surface area contributed by atoms with E-state index < -0.39 is 0 Å². The van der Waals surface area contributed by atoms with Crippen LogP contribution in [0.4, 0.5) is 5.69 Å². The zero-order valence-electron chi connectivity index (χ0n) is 11.0. The molecule has 0 unspecified atom stereocenters. The van der Waals surface area contributed by atoms with Crippen molar-refractivity contribution >= 4 is 28.9 Å².